The van der Waals surface area contributed by atoms with Gasteiger partial charge in [0.15, 0.2) is 12.4 Å². The summed E-state index contributed by atoms with van der Waals surface area (Å²) in [6.07, 6.45) is 3.92. The van der Waals surface area contributed by atoms with Gasteiger partial charge < -0.3 is 12.4 Å². The Hall–Kier alpha value is -0.560. The lowest BCUT2D eigenvalue weighted by molar-refractivity contribution is -0.378. The Morgan fingerprint density at radius 3 is 1.82 bits per heavy atom. The number of aromatic nitrogens is 1. The quantitative estimate of drug-likeness (QED) is 0.466. The second-order valence-electron chi connectivity index (χ2n) is 3.54. The van der Waals surface area contributed by atoms with Gasteiger partial charge in [0, 0.05) is 12.1 Å². The van der Waals surface area contributed by atoms with E-state index in [4.69, 9.17) is 0 Å². The van der Waals surface area contributed by atoms with Crippen molar-refractivity contribution in [2.24, 2.45) is 0 Å². The van der Waals surface area contributed by atoms with Gasteiger partial charge in [-0.25, -0.2) is 4.98 Å². The number of H-pyrrole nitrogens is 1. The van der Waals surface area contributed by atoms with Gasteiger partial charge in [0.05, 0.1) is 0 Å². The molecule has 0 amide bonds. The summed E-state index contributed by atoms with van der Waals surface area (Å²) in [5, 5.41) is 0. The zero-order chi connectivity index (χ0) is 7.61. The number of pyridine rings is 1. The minimum Gasteiger partial charge on any atom is -1.00 e. The van der Waals surface area contributed by atoms with E-state index >= 15 is 0 Å². The summed E-state index contributed by atoms with van der Waals surface area (Å²) in [4.78, 5) is 3.00. The number of halogens is 1. The van der Waals surface area contributed by atoms with Crippen LogP contribution in [-0.2, 0) is 5.41 Å². The smallest absolute Gasteiger partial charge is 0.167 e. The largest absolute Gasteiger partial charge is 1.00 e. The Kier molecular flexibility index (Phi) is 3.53. The van der Waals surface area contributed by atoms with Gasteiger partial charge in [0.1, 0.15) is 0 Å². The summed E-state index contributed by atoms with van der Waals surface area (Å²) in [5.74, 6) is 0. The highest BCUT2D eigenvalue weighted by Crippen LogP contribution is 2.19. The Labute approximate surface area is 74.3 Å². The third-order valence-electron chi connectivity index (χ3n) is 1.58. The molecular weight excluding hydrogens is 158 g/mol. The average Bonchev–Trinajstić information content (AvgIpc) is 1.88. The topological polar surface area (TPSA) is 14.1 Å². The van der Waals surface area contributed by atoms with Gasteiger partial charge in [-0.15, -0.1) is 0 Å². The standard InChI is InChI=1S/C9H13N.ClH/c1-9(2,3)8-4-6-10-7-5-8;/h4-7H,1-3H3;1H. The van der Waals surface area contributed by atoms with E-state index in [1.807, 2.05) is 12.4 Å². The molecule has 0 radical (unpaired) electrons. The maximum absolute atomic E-state index is 3.00. The second-order valence-corrected chi connectivity index (χ2v) is 3.54. The molecule has 0 aliphatic carbocycles. The van der Waals surface area contributed by atoms with Crippen molar-refractivity contribution in [3.63, 3.8) is 0 Å². The van der Waals surface area contributed by atoms with Crippen LogP contribution in [0.1, 0.15) is 26.3 Å². The zero-order valence-corrected chi connectivity index (χ0v) is 7.94. The Bertz CT molecular complexity index is 201. The first kappa shape index (κ1) is 10.4. The zero-order valence-electron chi connectivity index (χ0n) is 7.19. The predicted octanol–water partition coefficient (Wildman–Crippen LogP) is -1.20. The number of hydrogen-bond acceptors (Lipinski definition) is 0. The summed E-state index contributed by atoms with van der Waals surface area (Å²) >= 11 is 0. The van der Waals surface area contributed by atoms with E-state index in [-0.39, 0.29) is 17.8 Å². The molecule has 1 heterocycles. The maximum Gasteiger partial charge on any atom is 0.167 e. The van der Waals surface area contributed by atoms with E-state index < -0.39 is 0 Å². The molecular formula is C9H14ClN. The SMILES string of the molecule is CC(C)(C)c1cc[nH+]cc1.[Cl-]. The molecule has 1 nitrogen and oxygen atoms in total. The average molecular weight is 172 g/mol. The first-order chi connectivity index (χ1) is 4.61. The van der Waals surface area contributed by atoms with Crippen molar-refractivity contribution < 1.29 is 17.4 Å². The fourth-order valence-electron chi connectivity index (χ4n) is 0.887. The summed E-state index contributed by atoms with van der Waals surface area (Å²) in [5.41, 5.74) is 1.64. The third-order valence-corrected chi connectivity index (χ3v) is 1.58. The van der Waals surface area contributed by atoms with Gasteiger partial charge in [-0.05, 0) is 11.0 Å². The van der Waals surface area contributed by atoms with E-state index in [0.717, 1.165) is 0 Å². The van der Waals surface area contributed by atoms with Crippen LogP contribution in [0.4, 0.5) is 0 Å². The van der Waals surface area contributed by atoms with Gasteiger partial charge in [-0.3, -0.25) is 0 Å². The molecule has 0 aliphatic rings. The Morgan fingerprint density at radius 2 is 1.55 bits per heavy atom. The molecule has 0 aromatic carbocycles. The van der Waals surface area contributed by atoms with Crippen LogP contribution in [-0.4, -0.2) is 0 Å². The van der Waals surface area contributed by atoms with Crippen molar-refractivity contribution in [3.8, 4) is 0 Å². The molecule has 0 aliphatic heterocycles. The van der Waals surface area contributed by atoms with Crippen molar-refractivity contribution in [1.29, 1.82) is 0 Å². The molecule has 0 bridgehead atoms. The monoisotopic (exact) mass is 171 g/mol. The second kappa shape index (κ2) is 3.72. The van der Waals surface area contributed by atoms with Gasteiger partial charge in [-0.1, -0.05) is 20.8 Å². The molecule has 0 fully saturated rings. The molecule has 62 valence electrons. The first-order valence-electron chi connectivity index (χ1n) is 3.57. The fourth-order valence-corrected chi connectivity index (χ4v) is 0.887. The Balaban J connectivity index is 0.000001000. The van der Waals surface area contributed by atoms with Gasteiger partial charge in [0.25, 0.3) is 0 Å². The normalized spacial score (nSPS) is 10.5. The summed E-state index contributed by atoms with van der Waals surface area (Å²) in [6, 6.07) is 4.22. The molecule has 0 spiro atoms. The van der Waals surface area contributed by atoms with E-state index in [0.29, 0.717) is 0 Å². The van der Waals surface area contributed by atoms with Crippen LogP contribution in [0.15, 0.2) is 24.5 Å². The minimum absolute atomic E-state index is 0. The van der Waals surface area contributed by atoms with Crippen LogP contribution in [0.3, 0.4) is 0 Å². The molecule has 0 atom stereocenters. The molecule has 1 rings (SSSR count). The van der Waals surface area contributed by atoms with E-state index in [2.05, 4.69) is 37.9 Å². The third kappa shape index (κ3) is 2.89. The lowest BCUT2D eigenvalue weighted by atomic mass is 9.88. The molecule has 0 unspecified atom stereocenters. The predicted molar refractivity (Wildman–Crippen MR) is 41.7 cm³/mol. The molecule has 1 aromatic rings. The molecule has 2 heteroatoms. The highest BCUT2D eigenvalue weighted by Gasteiger charge is 2.12. The molecule has 0 saturated carbocycles. The summed E-state index contributed by atoms with van der Waals surface area (Å²) in [6.45, 7) is 6.63. The van der Waals surface area contributed by atoms with Crippen molar-refractivity contribution in [2.45, 2.75) is 26.2 Å². The Morgan fingerprint density at radius 1 is 1.09 bits per heavy atom. The molecule has 1 aromatic heterocycles. The lowest BCUT2D eigenvalue weighted by Crippen LogP contribution is -3.00. The van der Waals surface area contributed by atoms with E-state index in [1.54, 1.807) is 0 Å². The molecule has 11 heavy (non-hydrogen) atoms. The minimum atomic E-state index is 0. The van der Waals surface area contributed by atoms with Crippen molar-refractivity contribution in [3.05, 3.63) is 30.1 Å². The molecule has 0 saturated heterocycles. The fraction of sp³-hybridized carbons (Fsp3) is 0.444. The summed E-state index contributed by atoms with van der Waals surface area (Å²) < 4.78 is 0. The van der Waals surface area contributed by atoms with Gasteiger partial charge in [0.2, 0.25) is 0 Å². The first-order valence-corrected chi connectivity index (χ1v) is 3.57. The van der Waals surface area contributed by atoms with Crippen molar-refractivity contribution in [2.75, 3.05) is 0 Å². The van der Waals surface area contributed by atoms with Crippen LogP contribution in [0, 0.1) is 0 Å². The highest BCUT2D eigenvalue weighted by atomic mass is 35.5. The molecule has 1 N–H and O–H groups in total. The lowest BCUT2D eigenvalue weighted by Gasteiger charge is -2.16. The highest BCUT2D eigenvalue weighted by molar-refractivity contribution is 5.17. The number of aromatic amines is 1. The summed E-state index contributed by atoms with van der Waals surface area (Å²) in [7, 11) is 0. The van der Waals surface area contributed by atoms with Crippen LogP contribution >= 0.6 is 0 Å². The van der Waals surface area contributed by atoms with Gasteiger partial charge in [-0.2, -0.15) is 0 Å². The van der Waals surface area contributed by atoms with Crippen LogP contribution in [0.2, 0.25) is 0 Å². The number of rotatable bonds is 0. The van der Waals surface area contributed by atoms with Gasteiger partial charge >= 0.3 is 0 Å². The number of nitrogens with one attached hydrogen (secondary N) is 1. The van der Waals surface area contributed by atoms with Crippen LogP contribution < -0.4 is 17.4 Å². The van der Waals surface area contributed by atoms with E-state index in [9.17, 15) is 0 Å². The van der Waals surface area contributed by atoms with E-state index in [1.165, 1.54) is 5.56 Å². The van der Waals surface area contributed by atoms with Crippen molar-refractivity contribution in [1.82, 2.24) is 0 Å². The number of hydrogen-bond donors (Lipinski definition) is 0. The maximum atomic E-state index is 3.00. The van der Waals surface area contributed by atoms with Crippen molar-refractivity contribution >= 4 is 0 Å². The van der Waals surface area contributed by atoms with Crippen LogP contribution in [0.5, 0.6) is 0 Å². The van der Waals surface area contributed by atoms with Crippen LogP contribution in [0.25, 0.3) is 0 Å².